The molecule has 19 heavy (non-hydrogen) atoms. The van der Waals surface area contributed by atoms with Crippen molar-refractivity contribution in [1.29, 1.82) is 5.26 Å². The van der Waals surface area contributed by atoms with E-state index in [1.54, 1.807) is 0 Å². The Kier molecular flexibility index (Phi) is 4.72. The number of benzene rings is 2. The minimum absolute atomic E-state index is 0.468. The Hall–Kier alpha value is -2.11. The topological polar surface area (TPSA) is 35.8 Å². The van der Waals surface area contributed by atoms with Crippen molar-refractivity contribution < 1.29 is 0 Å². The van der Waals surface area contributed by atoms with Gasteiger partial charge >= 0.3 is 0 Å². The van der Waals surface area contributed by atoms with Gasteiger partial charge in [-0.3, -0.25) is 0 Å². The quantitative estimate of drug-likeness (QED) is 0.882. The summed E-state index contributed by atoms with van der Waals surface area (Å²) in [4.78, 5) is 0. The normalized spacial score (nSPS) is 11.8. The largest absolute Gasteiger partial charge is 0.312 e. The van der Waals surface area contributed by atoms with E-state index in [0.717, 1.165) is 24.2 Å². The molecule has 2 heteroatoms. The Labute approximate surface area is 114 Å². The second kappa shape index (κ2) is 6.72. The summed E-state index contributed by atoms with van der Waals surface area (Å²) in [5.41, 5.74) is 3.15. The lowest BCUT2D eigenvalue weighted by atomic mass is 10.0. The lowest BCUT2D eigenvalue weighted by Crippen LogP contribution is -2.20. The van der Waals surface area contributed by atoms with Gasteiger partial charge in [0.15, 0.2) is 0 Å². The smallest absolute Gasteiger partial charge is 0.0995 e. The minimum atomic E-state index is 0.468. The van der Waals surface area contributed by atoms with E-state index in [1.807, 2.05) is 30.3 Å². The van der Waals surface area contributed by atoms with Gasteiger partial charge in [-0.2, -0.15) is 5.26 Å². The van der Waals surface area contributed by atoms with Crippen LogP contribution in [0.5, 0.6) is 0 Å². The molecule has 2 aromatic carbocycles. The van der Waals surface area contributed by atoms with Gasteiger partial charge in [-0.05, 0) is 23.1 Å². The molecule has 0 amide bonds. The number of hydrogen-bond donors (Lipinski definition) is 1. The highest BCUT2D eigenvalue weighted by Crippen LogP contribution is 2.13. The van der Waals surface area contributed by atoms with Crippen molar-refractivity contribution in [3.63, 3.8) is 0 Å². The molecular weight excluding hydrogens is 232 g/mol. The van der Waals surface area contributed by atoms with Crippen LogP contribution in [0.25, 0.3) is 0 Å². The van der Waals surface area contributed by atoms with Crippen LogP contribution in [0, 0.1) is 11.3 Å². The summed E-state index contributed by atoms with van der Waals surface area (Å²) in [6.07, 6.45) is 0. The summed E-state index contributed by atoms with van der Waals surface area (Å²) in [6.45, 7) is 3.85. The van der Waals surface area contributed by atoms with Crippen LogP contribution >= 0.6 is 0 Å². The number of nitrogens with zero attached hydrogens (tertiary/aromatic N) is 1. The van der Waals surface area contributed by atoms with Crippen LogP contribution in [0.3, 0.4) is 0 Å². The lowest BCUT2D eigenvalue weighted by Gasteiger charge is -2.13. The molecule has 1 N–H and O–H groups in total. The first-order valence-electron chi connectivity index (χ1n) is 6.55. The van der Waals surface area contributed by atoms with E-state index in [-0.39, 0.29) is 0 Å². The molecule has 0 heterocycles. The molecule has 0 saturated carbocycles. The fourth-order valence-electron chi connectivity index (χ4n) is 2.11. The van der Waals surface area contributed by atoms with Crippen LogP contribution < -0.4 is 5.32 Å². The van der Waals surface area contributed by atoms with Crippen LogP contribution in [-0.2, 0) is 6.54 Å². The van der Waals surface area contributed by atoms with Gasteiger partial charge in [-0.15, -0.1) is 0 Å². The zero-order chi connectivity index (χ0) is 13.5. The van der Waals surface area contributed by atoms with Gasteiger partial charge in [0.05, 0.1) is 11.6 Å². The van der Waals surface area contributed by atoms with Gasteiger partial charge in [0.25, 0.3) is 0 Å². The highest BCUT2D eigenvalue weighted by Gasteiger charge is 2.05. The maximum Gasteiger partial charge on any atom is 0.0995 e. The van der Waals surface area contributed by atoms with E-state index >= 15 is 0 Å². The monoisotopic (exact) mass is 250 g/mol. The fraction of sp³-hybridized carbons (Fsp3) is 0.235. The maximum absolute atomic E-state index is 9.03. The van der Waals surface area contributed by atoms with Crippen molar-refractivity contribution in [3.8, 4) is 6.07 Å². The van der Waals surface area contributed by atoms with Gasteiger partial charge in [0, 0.05) is 13.1 Å². The van der Waals surface area contributed by atoms with Gasteiger partial charge in [0.2, 0.25) is 0 Å². The van der Waals surface area contributed by atoms with Crippen LogP contribution in [0.1, 0.15) is 29.5 Å². The summed E-state index contributed by atoms with van der Waals surface area (Å²) in [7, 11) is 0. The summed E-state index contributed by atoms with van der Waals surface area (Å²) >= 11 is 0. The predicted molar refractivity (Wildman–Crippen MR) is 77.7 cm³/mol. The number of nitriles is 1. The zero-order valence-corrected chi connectivity index (χ0v) is 11.1. The minimum Gasteiger partial charge on any atom is -0.312 e. The third-order valence-electron chi connectivity index (χ3n) is 3.27. The van der Waals surface area contributed by atoms with Gasteiger partial charge < -0.3 is 5.32 Å². The molecule has 2 aromatic rings. The molecule has 0 aliphatic rings. The standard InChI is InChI=1S/C17H18N2/c1-14(15-7-3-2-4-8-15)12-19-13-17-10-6-5-9-16(17)11-18/h2-10,14,19H,12-13H2,1H3. The van der Waals surface area contributed by atoms with Crippen molar-refractivity contribution in [2.24, 2.45) is 0 Å². The molecule has 0 fully saturated rings. The SMILES string of the molecule is CC(CNCc1ccccc1C#N)c1ccccc1. The van der Waals surface area contributed by atoms with Gasteiger partial charge in [-0.25, -0.2) is 0 Å². The number of nitrogens with one attached hydrogen (secondary N) is 1. The molecule has 1 unspecified atom stereocenters. The first-order chi connectivity index (χ1) is 9.31. The molecule has 1 atom stereocenters. The molecule has 0 bridgehead atoms. The second-order valence-corrected chi connectivity index (χ2v) is 4.71. The van der Waals surface area contributed by atoms with Crippen molar-refractivity contribution in [3.05, 3.63) is 71.3 Å². The third kappa shape index (κ3) is 3.67. The number of hydrogen-bond acceptors (Lipinski definition) is 2. The van der Waals surface area contributed by atoms with E-state index in [9.17, 15) is 0 Å². The molecule has 2 rings (SSSR count). The van der Waals surface area contributed by atoms with E-state index in [1.165, 1.54) is 5.56 Å². The van der Waals surface area contributed by atoms with Gasteiger partial charge in [-0.1, -0.05) is 55.5 Å². The first kappa shape index (κ1) is 13.3. The van der Waals surface area contributed by atoms with E-state index in [0.29, 0.717) is 5.92 Å². The Morgan fingerprint density at radius 1 is 1.05 bits per heavy atom. The molecule has 0 radical (unpaired) electrons. The zero-order valence-electron chi connectivity index (χ0n) is 11.1. The molecule has 0 aliphatic heterocycles. The van der Waals surface area contributed by atoms with Crippen LogP contribution in [0.2, 0.25) is 0 Å². The van der Waals surface area contributed by atoms with Crippen molar-refractivity contribution >= 4 is 0 Å². The lowest BCUT2D eigenvalue weighted by molar-refractivity contribution is 0.614. The van der Waals surface area contributed by atoms with Crippen LogP contribution in [0.15, 0.2) is 54.6 Å². The Morgan fingerprint density at radius 3 is 2.47 bits per heavy atom. The van der Waals surface area contributed by atoms with Crippen molar-refractivity contribution in [1.82, 2.24) is 5.32 Å². The maximum atomic E-state index is 9.03. The fourth-order valence-corrected chi connectivity index (χ4v) is 2.11. The Bertz CT molecular complexity index is 555. The highest BCUT2D eigenvalue weighted by molar-refractivity contribution is 5.37. The van der Waals surface area contributed by atoms with Crippen LogP contribution in [-0.4, -0.2) is 6.54 Å². The summed E-state index contributed by atoms with van der Waals surface area (Å²) in [6, 6.07) is 20.4. The molecular formula is C17H18N2. The summed E-state index contributed by atoms with van der Waals surface area (Å²) in [5, 5.41) is 12.5. The molecule has 0 spiro atoms. The number of rotatable bonds is 5. The average molecular weight is 250 g/mol. The van der Waals surface area contributed by atoms with Crippen LogP contribution in [0.4, 0.5) is 0 Å². The van der Waals surface area contributed by atoms with Gasteiger partial charge in [0.1, 0.15) is 0 Å². The Balaban J connectivity index is 1.89. The highest BCUT2D eigenvalue weighted by atomic mass is 14.9. The predicted octanol–water partition coefficient (Wildman–Crippen LogP) is 3.45. The van der Waals surface area contributed by atoms with Crippen molar-refractivity contribution in [2.45, 2.75) is 19.4 Å². The second-order valence-electron chi connectivity index (χ2n) is 4.71. The molecule has 96 valence electrons. The molecule has 2 nitrogen and oxygen atoms in total. The molecule has 0 aromatic heterocycles. The summed E-state index contributed by atoms with van der Waals surface area (Å²) < 4.78 is 0. The molecule has 0 saturated heterocycles. The van der Waals surface area contributed by atoms with E-state index < -0.39 is 0 Å². The Morgan fingerprint density at radius 2 is 1.74 bits per heavy atom. The van der Waals surface area contributed by atoms with E-state index in [4.69, 9.17) is 5.26 Å². The third-order valence-corrected chi connectivity index (χ3v) is 3.27. The average Bonchev–Trinajstić information content (AvgIpc) is 2.48. The van der Waals surface area contributed by atoms with E-state index in [2.05, 4.69) is 42.6 Å². The molecule has 0 aliphatic carbocycles. The summed E-state index contributed by atoms with van der Waals surface area (Å²) in [5.74, 6) is 0.468. The first-order valence-corrected chi connectivity index (χ1v) is 6.55. The van der Waals surface area contributed by atoms with Crippen molar-refractivity contribution in [2.75, 3.05) is 6.54 Å².